The second kappa shape index (κ2) is 6.86. The lowest BCUT2D eigenvalue weighted by molar-refractivity contribution is 0.470. The molecule has 0 amide bonds. The minimum atomic E-state index is -0.221. The van der Waals surface area contributed by atoms with Crippen LogP contribution in [0.25, 0.3) is 0 Å². The molecular formula is C16H17BrFNO. The predicted octanol–water partition coefficient (Wildman–Crippen LogP) is 4.80. The van der Waals surface area contributed by atoms with Gasteiger partial charge in [0.25, 0.3) is 0 Å². The third kappa shape index (κ3) is 3.81. The summed E-state index contributed by atoms with van der Waals surface area (Å²) in [5.74, 6) is 1.20. The maximum absolute atomic E-state index is 13.3. The molecule has 0 aliphatic heterocycles. The van der Waals surface area contributed by atoms with Crippen molar-refractivity contribution >= 4 is 15.9 Å². The average molecular weight is 338 g/mol. The molecule has 0 fully saturated rings. The zero-order valence-electron chi connectivity index (χ0n) is 11.5. The van der Waals surface area contributed by atoms with Crippen LogP contribution in [-0.4, -0.2) is 6.54 Å². The molecule has 0 radical (unpaired) electrons. The molecule has 0 saturated carbocycles. The molecule has 0 atom stereocenters. The number of nitrogens with one attached hydrogen (secondary N) is 1. The number of benzene rings is 2. The van der Waals surface area contributed by atoms with Crippen molar-refractivity contribution in [1.29, 1.82) is 0 Å². The smallest absolute Gasteiger partial charge is 0.131 e. The fraction of sp³-hybridized carbons (Fsp3) is 0.250. The summed E-state index contributed by atoms with van der Waals surface area (Å²) in [6, 6.07) is 10.6. The van der Waals surface area contributed by atoms with Crippen molar-refractivity contribution in [1.82, 2.24) is 5.32 Å². The van der Waals surface area contributed by atoms with Crippen LogP contribution < -0.4 is 10.1 Å². The van der Waals surface area contributed by atoms with Gasteiger partial charge >= 0.3 is 0 Å². The van der Waals surface area contributed by atoms with Gasteiger partial charge in [-0.25, -0.2) is 4.39 Å². The molecule has 106 valence electrons. The van der Waals surface area contributed by atoms with E-state index in [1.807, 2.05) is 18.2 Å². The van der Waals surface area contributed by atoms with Crippen molar-refractivity contribution in [3.63, 3.8) is 0 Å². The molecule has 0 aliphatic carbocycles. The first-order valence-electron chi connectivity index (χ1n) is 6.53. The Morgan fingerprint density at radius 3 is 2.70 bits per heavy atom. The van der Waals surface area contributed by atoms with Gasteiger partial charge in [0.2, 0.25) is 0 Å². The fourth-order valence-corrected chi connectivity index (χ4v) is 2.26. The highest BCUT2D eigenvalue weighted by Gasteiger charge is 2.07. The summed E-state index contributed by atoms with van der Waals surface area (Å²) in [5, 5.41) is 3.28. The van der Waals surface area contributed by atoms with Crippen molar-refractivity contribution in [2.24, 2.45) is 0 Å². The molecule has 0 heterocycles. The molecule has 2 aromatic rings. The van der Waals surface area contributed by atoms with E-state index in [0.29, 0.717) is 11.3 Å². The van der Waals surface area contributed by atoms with E-state index >= 15 is 0 Å². The minimum Gasteiger partial charge on any atom is -0.457 e. The Morgan fingerprint density at radius 2 is 2.00 bits per heavy atom. The Morgan fingerprint density at radius 1 is 1.20 bits per heavy atom. The molecule has 20 heavy (non-hydrogen) atoms. The summed E-state index contributed by atoms with van der Waals surface area (Å²) in [6.07, 6.45) is 0. The summed E-state index contributed by atoms with van der Waals surface area (Å²) < 4.78 is 20.1. The highest BCUT2D eigenvalue weighted by molar-refractivity contribution is 9.10. The van der Waals surface area contributed by atoms with E-state index < -0.39 is 0 Å². The highest BCUT2D eigenvalue weighted by atomic mass is 79.9. The first-order valence-corrected chi connectivity index (χ1v) is 7.32. The highest BCUT2D eigenvalue weighted by Crippen LogP contribution is 2.29. The first-order chi connectivity index (χ1) is 9.60. The largest absolute Gasteiger partial charge is 0.457 e. The zero-order chi connectivity index (χ0) is 14.5. The van der Waals surface area contributed by atoms with Gasteiger partial charge in [-0.15, -0.1) is 0 Å². The van der Waals surface area contributed by atoms with Crippen LogP contribution in [0.5, 0.6) is 11.5 Å². The third-order valence-electron chi connectivity index (χ3n) is 2.95. The Bertz CT molecular complexity index is 601. The molecule has 0 saturated heterocycles. The standard InChI is InChI=1S/C16H17BrFNO/c1-3-19-10-12-9-13(17)4-7-16(12)20-14-5-6-15(18)11(2)8-14/h4-9,19H,3,10H2,1-2H3. The van der Waals surface area contributed by atoms with E-state index in [-0.39, 0.29) is 5.82 Å². The Hall–Kier alpha value is -1.39. The second-order valence-electron chi connectivity index (χ2n) is 4.55. The van der Waals surface area contributed by atoms with Crippen LogP contribution in [0.4, 0.5) is 4.39 Å². The Balaban J connectivity index is 2.25. The quantitative estimate of drug-likeness (QED) is 0.846. The molecule has 0 bridgehead atoms. The number of hydrogen-bond donors (Lipinski definition) is 1. The number of ether oxygens (including phenoxy) is 1. The van der Waals surface area contributed by atoms with E-state index in [2.05, 4.69) is 28.2 Å². The summed E-state index contributed by atoms with van der Waals surface area (Å²) >= 11 is 3.46. The van der Waals surface area contributed by atoms with Gasteiger partial charge in [-0.3, -0.25) is 0 Å². The molecular weight excluding hydrogens is 321 g/mol. The van der Waals surface area contributed by atoms with Crippen LogP contribution in [0.1, 0.15) is 18.1 Å². The van der Waals surface area contributed by atoms with Crippen molar-refractivity contribution in [2.75, 3.05) is 6.54 Å². The van der Waals surface area contributed by atoms with Crippen LogP contribution in [0.15, 0.2) is 40.9 Å². The van der Waals surface area contributed by atoms with E-state index in [9.17, 15) is 4.39 Å². The van der Waals surface area contributed by atoms with E-state index in [0.717, 1.165) is 28.9 Å². The summed E-state index contributed by atoms with van der Waals surface area (Å²) in [5.41, 5.74) is 1.64. The van der Waals surface area contributed by atoms with Crippen LogP contribution in [0.3, 0.4) is 0 Å². The van der Waals surface area contributed by atoms with Gasteiger partial charge in [0, 0.05) is 16.6 Å². The van der Waals surface area contributed by atoms with Gasteiger partial charge in [-0.2, -0.15) is 0 Å². The molecule has 1 N–H and O–H groups in total. The topological polar surface area (TPSA) is 21.3 Å². The second-order valence-corrected chi connectivity index (χ2v) is 5.46. The van der Waals surface area contributed by atoms with Gasteiger partial charge in [0.05, 0.1) is 0 Å². The van der Waals surface area contributed by atoms with Crippen molar-refractivity contribution in [3.05, 3.63) is 57.8 Å². The van der Waals surface area contributed by atoms with Gasteiger partial charge in [0.15, 0.2) is 0 Å². The lowest BCUT2D eigenvalue weighted by atomic mass is 10.2. The maximum atomic E-state index is 13.3. The summed E-state index contributed by atoms with van der Waals surface area (Å²) in [7, 11) is 0. The lowest BCUT2D eigenvalue weighted by Gasteiger charge is -2.12. The molecule has 2 nitrogen and oxygen atoms in total. The lowest BCUT2D eigenvalue weighted by Crippen LogP contribution is -2.12. The van der Waals surface area contributed by atoms with E-state index in [1.54, 1.807) is 19.1 Å². The van der Waals surface area contributed by atoms with E-state index in [1.165, 1.54) is 6.07 Å². The Labute approximate surface area is 127 Å². The van der Waals surface area contributed by atoms with Gasteiger partial charge in [-0.1, -0.05) is 22.9 Å². The van der Waals surface area contributed by atoms with Crippen LogP contribution in [0, 0.1) is 12.7 Å². The monoisotopic (exact) mass is 337 g/mol. The zero-order valence-corrected chi connectivity index (χ0v) is 13.1. The van der Waals surface area contributed by atoms with Crippen LogP contribution >= 0.6 is 15.9 Å². The van der Waals surface area contributed by atoms with E-state index in [4.69, 9.17) is 4.74 Å². The average Bonchev–Trinajstić information content (AvgIpc) is 2.43. The molecule has 0 aliphatic rings. The molecule has 0 aromatic heterocycles. The number of halogens is 2. The first kappa shape index (κ1) is 15.0. The predicted molar refractivity (Wildman–Crippen MR) is 82.7 cm³/mol. The minimum absolute atomic E-state index is 0.221. The van der Waals surface area contributed by atoms with Gasteiger partial charge in [0.1, 0.15) is 17.3 Å². The van der Waals surface area contributed by atoms with Crippen molar-refractivity contribution in [3.8, 4) is 11.5 Å². The molecule has 0 spiro atoms. The molecule has 0 unspecified atom stereocenters. The number of rotatable bonds is 5. The molecule has 2 aromatic carbocycles. The maximum Gasteiger partial charge on any atom is 0.131 e. The fourth-order valence-electron chi connectivity index (χ4n) is 1.85. The summed E-state index contributed by atoms with van der Waals surface area (Å²) in [6.45, 7) is 5.40. The van der Waals surface area contributed by atoms with Gasteiger partial charge < -0.3 is 10.1 Å². The number of aryl methyl sites for hydroxylation is 1. The molecule has 4 heteroatoms. The Kier molecular flexibility index (Phi) is 5.15. The third-order valence-corrected chi connectivity index (χ3v) is 3.44. The SMILES string of the molecule is CCNCc1cc(Br)ccc1Oc1ccc(F)c(C)c1. The van der Waals surface area contributed by atoms with Gasteiger partial charge in [-0.05, 0) is 55.4 Å². The van der Waals surface area contributed by atoms with Crippen LogP contribution in [0.2, 0.25) is 0 Å². The number of hydrogen-bond acceptors (Lipinski definition) is 2. The van der Waals surface area contributed by atoms with Crippen molar-refractivity contribution in [2.45, 2.75) is 20.4 Å². The van der Waals surface area contributed by atoms with Crippen molar-refractivity contribution < 1.29 is 9.13 Å². The molecule has 2 rings (SSSR count). The van der Waals surface area contributed by atoms with Crippen LogP contribution in [-0.2, 0) is 6.54 Å². The summed E-state index contributed by atoms with van der Waals surface area (Å²) in [4.78, 5) is 0. The normalized spacial score (nSPS) is 10.6.